The predicted octanol–water partition coefficient (Wildman–Crippen LogP) is 3.89. The Morgan fingerprint density at radius 2 is 2.17 bits per heavy atom. The number of primary amides is 1. The Bertz CT molecular complexity index is 1090. The van der Waals surface area contributed by atoms with Crippen molar-refractivity contribution in [2.75, 3.05) is 12.4 Å². The summed E-state index contributed by atoms with van der Waals surface area (Å²) in [5.74, 6) is 0.0942. The van der Waals surface area contributed by atoms with Crippen molar-refractivity contribution >= 4 is 39.0 Å². The number of carbonyl (C=O) groups is 1. The lowest BCUT2D eigenvalue weighted by Crippen LogP contribution is -2.36. The van der Waals surface area contributed by atoms with Crippen LogP contribution in [0.25, 0.3) is 10.2 Å². The number of hydrogen-bond donors (Lipinski definition) is 3. The van der Waals surface area contributed by atoms with Gasteiger partial charge < -0.3 is 21.1 Å². The highest BCUT2D eigenvalue weighted by Gasteiger charge is 2.24. The Morgan fingerprint density at radius 3 is 2.93 bits per heavy atom. The van der Waals surface area contributed by atoms with Crippen molar-refractivity contribution in [1.82, 2.24) is 15.3 Å². The molecule has 2 atom stereocenters. The number of hydrogen-bond acceptors (Lipinski definition) is 7. The second kappa shape index (κ2) is 8.53. The normalized spacial score (nSPS) is 19.0. The Kier molecular flexibility index (Phi) is 5.83. The molecule has 158 valence electrons. The lowest BCUT2D eigenvalue weighted by molar-refractivity contribution is 0.100. The first-order valence-corrected chi connectivity index (χ1v) is 10.7. The lowest BCUT2D eigenvalue weighted by Gasteiger charge is -2.30. The van der Waals surface area contributed by atoms with E-state index < -0.39 is 5.91 Å². The van der Waals surface area contributed by atoms with Gasteiger partial charge in [0.2, 0.25) is 0 Å². The van der Waals surface area contributed by atoms with Crippen LogP contribution in [0.2, 0.25) is 0 Å². The van der Waals surface area contributed by atoms with Crippen LogP contribution in [0.3, 0.4) is 0 Å². The third kappa shape index (κ3) is 4.08. The number of halogens is 1. The SMILES string of the molecule is CN[C@H]1CCCC(Oc2cc(F)ccc2Nc2ncnc3sc(C(N)=O)c(C)c23)C1. The number of fused-ring (bicyclic) bond motifs is 1. The van der Waals surface area contributed by atoms with Crippen LogP contribution in [-0.4, -0.2) is 35.1 Å². The van der Waals surface area contributed by atoms with Gasteiger partial charge in [-0.15, -0.1) is 11.3 Å². The van der Waals surface area contributed by atoms with Gasteiger partial charge in [0.1, 0.15) is 34.6 Å². The zero-order chi connectivity index (χ0) is 21.3. The Morgan fingerprint density at radius 1 is 1.33 bits per heavy atom. The second-order valence-electron chi connectivity index (χ2n) is 7.48. The summed E-state index contributed by atoms with van der Waals surface area (Å²) in [6.45, 7) is 1.81. The average Bonchev–Trinajstić information content (AvgIpc) is 3.08. The summed E-state index contributed by atoms with van der Waals surface area (Å²) in [6, 6.07) is 4.79. The molecule has 1 aromatic carbocycles. The van der Waals surface area contributed by atoms with Crippen LogP contribution in [0.1, 0.15) is 40.9 Å². The van der Waals surface area contributed by atoms with E-state index >= 15 is 0 Å². The molecule has 9 heteroatoms. The maximum Gasteiger partial charge on any atom is 0.259 e. The van der Waals surface area contributed by atoms with E-state index in [4.69, 9.17) is 10.5 Å². The van der Waals surface area contributed by atoms with E-state index in [1.165, 1.54) is 29.8 Å². The van der Waals surface area contributed by atoms with Crippen molar-refractivity contribution in [2.45, 2.75) is 44.8 Å². The van der Waals surface area contributed by atoms with E-state index in [9.17, 15) is 9.18 Å². The number of ether oxygens (including phenoxy) is 1. The molecule has 1 aliphatic rings. The first-order chi connectivity index (χ1) is 14.5. The van der Waals surface area contributed by atoms with Gasteiger partial charge in [0.25, 0.3) is 5.91 Å². The van der Waals surface area contributed by atoms with Gasteiger partial charge in [-0.25, -0.2) is 14.4 Å². The fourth-order valence-corrected chi connectivity index (χ4v) is 4.92. The van der Waals surface area contributed by atoms with Crippen LogP contribution >= 0.6 is 11.3 Å². The summed E-state index contributed by atoms with van der Waals surface area (Å²) >= 11 is 1.23. The number of anilines is 2. The fraction of sp³-hybridized carbons (Fsp3) is 0.381. The molecule has 2 aromatic heterocycles. The maximum absolute atomic E-state index is 14.0. The number of rotatable bonds is 6. The molecule has 0 bridgehead atoms. The first-order valence-electron chi connectivity index (χ1n) is 9.90. The molecule has 1 aliphatic carbocycles. The van der Waals surface area contributed by atoms with Crippen LogP contribution in [0.5, 0.6) is 5.75 Å². The van der Waals surface area contributed by atoms with E-state index in [0.29, 0.717) is 33.0 Å². The standard InChI is InChI=1S/C21H24FN5O2S/c1-11-17-20(25-10-26-21(17)30-18(11)19(23)28)27-15-7-6-12(22)8-16(15)29-14-5-3-4-13(9-14)24-2/h6-8,10,13-14,24H,3-5,9H2,1-2H3,(H2,23,28)(H,25,26,27)/t13-,14?/m0/s1. The summed E-state index contributed by atoms with van der Waals surface area (Å²) < 4.78 is 20.2. The Labute approximate surface area is 177 Å². The highest BCUT2D eigenvalue weighted by Crippen LogP contribution is 2.37. The van der Waals surface area contributed by atoms with Crippen molar-refractivity contribution in [3.8, 4) is 5.75 Å². The number of benzene rings is 1. The Balaban J connectivity index is 1.66. The van der Waals surface area contributed by atoms with Gasteiger partial charge in [0.15, 0.2) is 0 Å². The van der Waals surface area contributed by atoms with E-state index in [2.05, 4.69) is 20.6 Å². The minimum atomic E-state index is -0.497. The number of thiophene rings is 1. The van der Waals surface area contributed by atoms with Gasteiger partial charge >= 0.3 is 0 Å². The van der Waals surface area contributed by atoms with Crippen molar-refractivity contribution in [1.29, 1.82) is 0 Å². The molecule has 1 amide bonds. The van der Waals surface area contributed by atoms with Crippen molar-refractivity contribution in [3.05, 3.63) is 40.8 Å². The molecule has 1 fully saturated rings. The number of nitrogens with zero attached hydrogens (tertiary/aromatic N) is 2. The van der Waals surface area contributed by atoms with Gasteiger partial charge in [-0.3, -0.25) is 4.79 Å². The summed E-state index contributed by atoms with van der Waals surface area (Å²) in [5.41, 5.74) is 6.81. The molecule has 0 spiro atoms. The summed E-state index contributed by atoms with van der Waals surface area (Å²) in [7, 11) is 1.95. The third-order valence-electron chi connectivity index (χ3n) is 5.48. The van der Waals surface area contributed by atoms with E-state index in [-0.39, 0.29) is 11.9 Å². The quantitative estimate of drug-likeness (QED) is 0.549. The van der Waals surface area contributed by atoms with E-state index in [0.717, 1.165) is 36.6 Å². The van der Waals surface area contributed by atoms with E-state index in [1.807, 2.05) is 14.0 Å². The minimum absolute atomic E-state index is 0.00770. The average molecular weight is 430 g/mol. The zero-order valence-corrected chi connectivity index (χ0v) is 17.7. The highest BCUT2D eigenvalue weighted by atomic mass is 32.1. The monoisotopic (exact) mass is 429 g/mol. The van der Waals surface area contributed by atoms with Crippen molar-refractivity contribution in [3.63, 3.8) is 0 Å². The highest BCUT2D eigenvalue weighted by molar-refractivity contribution is 7.20. The van der Waals surface area contributed by atoms with Crippen LogP contribution in [0, 0.1) is 12.7 Å². The molecule has 30 heavy (non-hydrogen) atoms. The molecule has 7 nitrogen and oxygen atoms in total. The number of amides is 1. The number of aromatic nitrogens is 2. The topological polar surface area (TPSA) is 102 Å². The lowest BCUT2D eigenvalue weighted by atomic mass is 9.93. The van der Waals surface area contributed by atoms with Crippen LogP contribution in [-0.2, 0) is 0 Å². The predicted molar refractivity (Wildman–Crippen MR) is 116 cm³/mol. The van der Waals surface area contributed by atoms with Crippen molar-refractivity contribution < 1.29 is 13.9 Å². The molecule has 1 unspecified atom stereocenters. The molecule has 1 saturated carbocycles. The summed E-state index contributed by atoms with van der Waals surface area (Å²) in [4.78, 5) is 21.4. The van der Waals surface area contributed by atoms with Gasteiger partial charge in [0, 0.05) is 12.1 Å². The molecule has 0 radical (unpaired) electrons. The molecule has 3 aromatic rings. The van der Waals surface area contributed by atoms with Gasteiger partial charge in [-0.1, -0.05) is 0 Å². The summed E-state index contributed by atoms with van der Waals surface area (Å²) in [6.07, 6.45) is 5.41. The molecule has 0 saturated heterocycles. The Hall–Kier alpha value is -2.78. The fourth-order valence-electron chi connectivity index (χ4n) is 3.92. The van der Waals surface area contributed by atoms with Crippen LogP contribution in [0.4, 0.5) is 15.9 Å². The van der Waals surface area contributed by atoms with Crippen molar-refractivity contribution in [2.24, 2.45) is 5.73 Å². The molecule has 4 rings (SSSR count). The maximum atomic E-state index is 14.0. The van der Waals surface area contributed by atoms with Gasteiger partial charge in [0.05, 0.1) is 16.0 Å². The van der Waals surface area contributed by atoms with Crippen LogP contribution in [0.15, 0.2) is 24.5 Å². The summed E-state index contributed by atoms with van der Waals surface area (Å²) in [5, 5.41) is 7.27. The largest absolute Gasteiger partial charge is 0.488 e. The minimum Gasteiger partial charge on any atom is -0.488 e. The number of nitrogens with one attached hydrogen (secondary N) is 2. The zero-order valence-electron chi connectivity index (χ0n) is 16.9. The third-order valence-corrected chi connectivity index (χ3v) is 6.69. The number of aryl methyl sites for hydroxylation is 1. The molecule has 4 N–H and O–H groups in total. The number of carbonyl (C=O) groups excluding carboxylic acids is 1. The van der Waals surface area contributed by atoms with Gasteiger partial charge in [-0.05, 0) is 57.4 Å². The number of nitrogens with two attached hydrogens (primary N) is 1. The second-order valence-corrected chi connectivity index (χ2v) is 8.48. The molecule has 2 heterocycles. The molecular formula is C21H24FN5O2S. The first kappa shape index (κ1) is 20.5. The van der Waals surface area contributed by atoms with E-state index in [1.54, 1.807) is 6.07 Å². The van der Waals surface area contributed by atoms with Gasteiger partial charge in [-0.2, -0.15) is 0 Å². The molecular weight excluding hydrogens is 405 g/mol. The molecule has 0 aliphatic heterocycles. The van der Waals surface area contributed by atoms with Crippen LogP contribution < -0.4 is 21.1 Å². The smallest absolute Gasteiger partial charge is 0.259 e.